The summed E-state index contributed by atoms with van der Waals surface area (Å²) < 4.78 is 23.2. The van der Waals surface area contributed by atoms with Crippen LogP contribution in [0.4, 0.5) is 4.39 Å². The van der Waals surface area contributed by atoms with Crippen LogP contribution in [0, 0.1) is 5.82 Å². The number of carbonyl (C=O) groups is 1. The minimum Gasteiger partial charge on any atom is -0.493 e. The second-order valence-corrected chi connectivity index (χ2v) is 2.99. The third-order valence-corrected chi connectivity index (χ3v) is 2.22. The molecule has 0 radical (unpaired) electrons. The van der Waals surface area contributed by atoms with Crippen LogP contribution in [0.25, 0.3) is 0 Å². The molecule has 74 valence electrons. The number of ether oxygens (including phenoxy) is 2. The van der Waals surface area contributed by atoms with E-state index in [-0.39, 0.29) is 5.56 Å². The highest BCUT2D eigenvalue weighted by molar-refractivity contribution is 5.90. The van der Waals surface area contributed by atoms with Crippen molar-refractivity contribution in [2.24, 2.45) is 0 Å². The lowest BCUT2D eigenvalue weighted by Gasteiger charge is -2.04. The highest BCUT2D eigenvalue weighted by Gasteiger charge is 2.22. The van der Waals surface area contributed by atoms with Gasteiger partial charge in [-0.25, -0.2) is 9.18 Å². The highest BCUT2D eigenvalue weighted by Crippen LogP contribution is 2.29. The number of methoxy groups -OCH3 is 1. The van der Waals surface area contributed by atoms with Crippen molar-refractivity contribution in [2.75, 3.05) is 13.7 Å². The summed E-state index contributed by atoms with van der Waals surface area (Å²) >= 11 is 0. The SMILES string of the molecule is COC(=O)c1ccc2c(c1F)CCO2. The molecule has 4 heteroatoms. The van der Waals surface area contributed by atoms with Gasteiger partial charge in [-0.2, -0.15) is 0 Å². The van der Waals surface area contributed by atoms with E-state index < -0.39 is 11.8 Å². The molecule has 1 aromatic rings. The summed E-state index contributed by atoms with van der Waals surface area (Å²) in [5.41, 5.74) is 0.435. The number of carbonyl (C=O) groups excluding carboxylic acids is 1. The average molecular weight is 196 g/mol. The molecule has 1 aliphatic rings. The molecule has 0 fully saturated rings. The zero-order valence-corrected chi connectivity index (χ0v) is 7.67. The van der Waals surface area contributed by atoms with E-state index in [9.17, 15) is 9.18 Å². The summed E-state index contributed by atoms with van der Waals surface area (Å²) in [6, 6.07) is 2.98. The molecule has 0 saturated carbocycles. The molecular weight excluding hydrogens is 187 g/mol. The van der Waals surface area contributed by atoms with Gasteiger partial charge >= 0.3 is 5.97 Å². The molecule has 14 heavy (non-hydrogen) atoms. The van der Waals surface area contributed by atoms with Crippen LogP contribution in [0.2, 0.25) is 0 Å². The molecule has 0 unspecified atom stereocenters. The maximum absolute atomic E-state index is 13.6. The molecule has 0 aliphatic carbocycles. The van der Waals surface area contributed by atoms with Crippen LogP contribution in [0.15, 0.2) is 12.1 Å². The second kappa shape index (κ2) is 3.29. The van der Waals surface area contributed by atoms with Crippen molar-refractivity contribution < 1.29 is 18.7 Å². The largest absolute Gasteiger partial charge is 0.493 e. The van der Waals surface area contributed by atoms with E-state index >= 15 is 0 Å². The van der Waals surface area contributed by atoms with Gasteiger partial charge in [0.25, 0.3) is 0 Å². The molecule has 3 nitrogen and oxygen atoms in total. The predicted octanol–water partition coefficient (Wildman–Crippen LogP) is 1.55. The van der Waals surface area contributed by atoms with Crippen molar-refractivity contribution in [3.63, 3.8) is 0 Å². The Bertz CT molecular complexity index is 387. The summed E-state index contributed by atoms with van der Waals surface area (Å²) in [5, 5.41) is 0. The van der Waals surface area contributed by atoms with E-state index in [0.717, 1.165) is 0 Å². The molecule has 1 aromatic carbocycles. The lowest BCUT2D eigenvalue weighted by atomic mass is 10.1. The maximum atomic E-state index is 13.6. The fraction of sp³-hybridized carbons (Fsp3) is 0.300. The first-order valence-electron chi connectivity index (χ1n) is 4.26. The number of hydrogen-bond donors (Lipinski definition) is 0. The van der Waals surface area contributed by atoms with E-state index in [4.69, 9.17) is 4.74 Å². The predicted molar refractivity (Wildman–Crippen MR) is 46.9 cm³/mol. The van der Waals surface area contributed by atoms with Crippen LogP contribution in [0.1, 0.15) is 15.9 Å². The monoisotopic (exact) mass is 196 g/mol. The Morgan fingerprint density at radius 3 is 3.07 bits per heavy atom. The summed E-state index contributed by atoms with van der Waals surface area (Å²) in [4.78, 5) is 11.1. The molecule has 0 bridgehead atoms. The molecule has 0 atom stereocenters. The lowest BCUT2D eigenvalue weighted by Crippen LogP contribution is -2.05. The van der Waals surface area contributed by atoms with Gasteiger partial charge in [0.2, 0.25) is 0 Å². The number of rotatable bonds is 1. The molecule has 0 N–H and O–H groups in total. The Balaban J connectivity index is 2.50. The molecule has 1 heterocycles. The van der Waals surface area contributed by atoms with Gasteiger partial charge in [-0.1, -0.05) is 0 Å². The van der Waals surface area contributed by atoms with Crippen molar-refractivity contribution in [3.8, 4) is 5.75 Å². The van der Waals surface area contributed by atoms with E-state index in [1.165, 1.54) is 13.2 Å². The minimum absolute atomic E-state index is 0.0308. The third-order valence-electron chi connectivity index (χ3n) is 2.22. The van der Waals surface area contributed by atoms with Gasteiger partial charge < -0.3 is 9.47 Å². The van der Waals surface area contributed by atoms with Gasteiger partial charge in [-0.05, 0) is 12.1 Å². The van der Waals surface area contributed by atoms with Crippen LogP contribution >= 0.6 is 0 Å². The van der Waals surface area contributed by atoms with Gasteiger partial charge in [0, 0.05) is 12.0 Å². The summed E-state index contributed by atoms with van der Waals surface area (Å²) in [6.07, 6.45) is 0.506. The van der Waals surface area contributed by atoms with Crippen molar-refractivity contribution >= 4 is 5.97 Å². The maximum Gasteiger partial charge on any atom is 0.340 e. The summed E-state index contributed by atoms with van der Waals surface area (Å²) in [7, 11) is 1.23. The minimum atomic E-state index is -0.655. The van der Waals surface area contributed by atoms with Crippen LogP contribution in [0.5, 0.6) is 5.75 Å². The summed E-state index contributed by atoms with van der Waals surface area (Å²) in [5.74, 6) is -0.654. The number of hydrogen-bond acceptors (Lipinski definition) is 3. The Kier molecular flexibility index (Phi) is 2.11. The third kappa shape index (κ3) is 1.23. The van der Waals surface area contributed by atoms with Crippen molar-refractivity contribution in [3.05, 3.63) is 29.1 Å². The van der Waals surface area contributed by atoms with Gasteiger partial charge in [-0.3, -0.25) is 0 Å². The zero-order chi connectivity index (χ0) is 10.1. The van der Waals surface area contributed by atoms with Gasteiger partial charge in [0.15, 0.2) is 0 Å². The zero-order valence-electron chi connectivity index (χ0n) is 7.67. The van der Waals surface area contributed by atoms with Gasteiger partial charge in [0.1, 0.15) is 11.6 Å². The highest BCUT2D eigenvalue weighted by atomic mass is 19.1. The van der Waals surface area contributed by atoms with Crippen molar-refractivity contribution in [1.29, 1.82) is 0 Å². The number of benzene rings is 1. The molecule has 0 amide bonds. The Morgan fingerprint density at radius 1 is 1.57 bits per heavy atom. The van der Waals surface area contributed by atoms with E-state index in [1.807, 2.05) is 0 Å². The standard InChI is InChI=1S/C10H9FO3/c1-13-10(12)7-2-3-8-6(9(7)11)4-5-14-8/h2-3H,4-5H2,1H3. The summed E-state index contributed by atoms with van der Waals surface area (Å²) in [6.45, 7) is 0.469. The molecule has 1 aliphatic heterocycles. The van der Waals surface area contributed by atoms with Gasteiger partial charge in [-0.15, -0.1) is 0 Å². The molecule has 0 saturated heterocycles. The average Bonchev–Trinajstić information content (AvgIpc) is 2.66. The van der Waals surface area contributed by atoms with Crippen LogP contribution in [-0.4, -0.2) is 19.7 Å². The van der Waals surface area contributed by atoms with Crippen molar-refractivity contribution in [2.45, 2.75) is 6.42 Å². The number of esters is 1. The van der Waals surface area contributed by atoms with Crippen LogP contribution in [0.3, 0.4) is 0 Å². The quantitative estimate of drug-likeness (QED) is 0.639. The first-order valence-corrected chi connectivity index (χ1v) is 4.26. The number of halogens is 1. The second-order valence-electron chi connectivity index (χ2n) is 2.99. The number of fused-ring (bicyclic) bond motifs is 1. The molecular formula is C10H9FO3. The Labute approximate surface area is 80.4 Å². The lowest BCUT2D eigenvalue weighted by molar-refractivity contribution is 0.0595. The molecule has 2 rings (SSSR count). The first kappa shape index (κ1) is 8.99. The van der Waals surface area contributed by atoms with E-state index in [0.29, 0.717) is 24.3 Å². The molecule has 0 spiro atoms. The smallest absolute Gasteiger partial charge is 0.340 e. The Hall–Kier alpha value is -1.58. The Morgan fingerprint density at radius 2 is 2.36 bits per heavy atom. The van der Waals surface area contributed by atoms with Crippen LogP contribution in [-0.2, 0) is 11.2 Å². The van der Waals surface area contributed by atoms with Gasteiger partial charge in [0.05, 0.1) is 19.3 Å². The van der Waals surface area contributed by atoms with Crippen LogP contribution < -0.4 is 4.74 Å². The van der Waals surface area contributed by atoms with Crippen molar-refractivity contribution in [1.82, 2.24) is 0 Å². The first-order chi connectivity index (χ1) is 6.74. The van der Waals surface area contributed by atoms with E-state index in [2.05, 4.69) is 4.74 Å². The topological polar surface area (TPSA) is 35.5 Å². The van der Waals surface area contributed by atoms with E-state index in [1.54, 1.807) is 6.07 Å². The normalized spacial score (nSPS) is 13.3. The fourth-order valence-electron chi connectivity index (χ4n) is 1.50. The molecule has 0 aromatic heterocycles. The fourth-order valence-corrected chi connectivity index (χ4v) is 1.50.